The largest absolute Gasteiger partial charge is 0.493 e. The monoisotopic (exact) mass is 405 g/mol. The second-order valence-corrected chi connectivity index (χ2v) is 6.51. The Bertz CT molecular complexity index is 1300. The summed E-state index contributed by atoms with van der Waals surface area (Å²) in [4.78, 5) is 25.5. The third-order valence-electron chi connectivity index (χ3n) is 4.76. The van der Waals surface area contributed by atoms with E-state index in [4.69, 9.17) is 18.6 Å². The number of carbonyl (C=O) groups excluding carboxylic acids is 1. The van der Waals surface area contributed by atoms with Crippen molar-refractivity contribution in [1.82, 2.24) is 0 Å². The van der Waals surface area contributed by atoms with Crippen LogP contribution in [0.2, 0.25) is 0 Å². The molecule has 7 nitrogen and oxygen atoms in total. The zero-order valence-electron chi connectivity index (χ0n) is 16.6. The van der Waals surface area contributed by atoms with Gasteiger partial charge in [0.15, 0.2) is 11.5 Å². The molecule has 1 aromatic heterocycles. The number of hydrogen-bond donors (Lipinski definition) is 1. The molecule has 0 atom stereocenters. The fourth-order valence-corrected chi connectivity index (χ4v) is 3.29. The summed E-state index contributed by atoms with van der Waals surface area (Å²) in [6, 6.07) is 15.1. The highest BCUT2D eigenvalue weighted by Crippen LogP contribution is 2.38. The zero-order valence-corrected chi connectivity index (χ0v) is 16.6. The van der Waals surface area contributed by atoms with Crippen LogP contribution in [0, 0.1) is 0 Å². The topological polar surface area (TPSA) is 87.0 Å². The quantitative estimate of drug-likeness (QED) is 0.500. The minimum Gasteiger partial charge on any atom is -0.493 e. The smallest absolute Gasteiger partial charge is 0.255 e. The summed E-state index contributed by atoms with van der Waals surface area (Å²) in [7, 11) is 4.45. The number of hydrogen-bond acceptors (Lipinski definition) is 6. The average Bonchev–Trinajstić information content (AvgIpc) is 2.78. The van der Waals surface area contributed by atoms with Crippen LogP contribution in [0.1, 0.15) is 10.4 Å². The van der Waals surface area contributed by atoms with Crippen LogP contribution < -0.4 is 25.0 Å². The van der Waals surface area contributed by atoms with Crippen LogP contribution in [-0.4, -0.2) is 27.2 Å². The lowest BCUT2D eigenvalue weighted by atomic mass is 10.1. The molecule has 0 bridgehead atoms. The van der Waals surface area contributed by atoms with E-state index in [1.807, 2.05) is 0 Å². The lowest BCUT2D eigenvalue weighted by Gasteiger charge is -2.14. The molecule has 4 aromatic rings. The molecule has 1 amide bonds. The van der Waals surface area contributed by atoms with E-state index < -0.39 is 0 Å². The van der Waals surface area contributed by atoms with Crippen molar-refractivity contribution < 1.29 is 23.4 Å². The van der Waals surface area contributed by atoms with Crippen molar-refractivity contribution in [3.63, 3.8) is 0 Å². The summed E-state index contributed by atoms with van der Waals surface area (Å²) < 4.78 is 21.7. The van der Waals surface area contributed by atoms with Crippen molar-refractivity contribution in [3.05, 3.63) is 70.4 Å². The van der Waals surface area contributed by atoms with E-state index in [-0.39, 0.29) is 11.3 Å². The number of amides is 1. The maximum absolute atomic E-state index is 12.8. The molecule has 0 aliphatic rings. The Balaban J connectivity index is 1.71. The first-order chi connectivity index (χ1) is 14.5. The maximum atomic E-state index is 12.8. The molecule has 1 heterocycles. The van der Waals surface area contributed by atoms with Gasteiger partial charge in [-0.3, -0.25) is 9.59 Å². The lowest BCUT2D eigenvalue weighted by Crippen LogP contribution is -2.13. The minimum atomic E-state index is -0.378. The molecule has 0 fully saturated rings. The summed E-state index contributed by atoms with van der Waals surface area (Å²) in [5.74, 6) is 0.767. The van der Waals surface area contributed by atoms with Crippen molar-refractivity contribution >= 4 is 33.5 Å². The molecule has 0 aliphatic carbocycles. The van der Waals surface area contributed by atoms with Crippen LogP contribution in [0.15, 0.2) is 63.8 Å². The van der Waals surface area contributed by atoms with E-state index in [9.17, 15) is 9.59 Å². The Labute approximate surface area is 171 Å². The Kier molecular flexibility index (Phi) is 5.02. The molecular formula is C23H19NO6. The van der Waals surface area contributed by atoms with E-state index in [0.717, 1.165) is 0 Å². The van der Waals surface area contributed by atoms with Gasteiger partial charge in [-0.1, -0.05) is 12.1 Å². The standard InChI is InChI=1S/C23H19NO6/c1-27-19-10-13(11-20(28-2)22(19)29-3)23(26)24-14-8-9-16-18(12-14)30-17-7-5-4-6-15(17)21(16)25/h4-12H,1-3H3,(H,24,26). The minimum absolute atomic E-state index is 0.116. The number of fused-ring (bicyclic) bond motifs is 2. The van der Waals surface area contributed by atoms with Gasteiger partial charge < -0.3 is 23.9 Å². The first-order valence-electron chi connectivity index (χ1n) is 9.12. The number of para-hydroxylation sites is 1. The van der Waals surface area contributed by atoms with Gasteiger partial charge in [-0.25, -0.2) is 0 Å². The SMILES string of the molecule is COc1cc(C(=O)Nc2ccc3c(=O)c4ccccc4oc3c2)cc(OC)c1OC. The highest BCUT2D eigenvalue weighted by atomic mass is 16.5. The third-order valence-corrected chi connectivity index (χ3v) is 4.76. The highest BCUT2D eigenvalue weighted by molar-refractivity contribution is 6.06. The zero-order chi connectivity index (χ0) is 21.3. The average molecular weight is 405 g/mol. The molecule has 0 saturated heterocycles. The maximum Gasteiger partial charge on any atom is 0.255 e. The highest BCUT2D eigenvalue weighted by Gasteiger charge is 2.17. The first kappa shape index (κ1) is 19.3. The van der Waals surface area contributed by atoms with Gasteiger partial charge in [0, 0.05) is 17.3 Å². The van der Waals surface area contributed by atoms with E-state index in [1.165, 1.54) is 21.3 Å². The van der Waals surface area contributed by atoms with Gasteiger partial charge in [0.1, 0.15) is 11.2 Å². The number of carbonyl (C=O) groups is 1. The van der Waals surface area contributed by atoms with Gasteiger partial charge in [-0.05, 0) is 36.4 Å². The molecule has 0 spiro atoms. The Hall–Kier alpha value is -4.00. The van der Waals surface area contributed by atoms with Crippen LogP contribution in [-0.2, 0) is 0 Å². The molecule has 0 saturated carbocycles. The summed E-state index contributed by atoms with van der Waals surface area (Å²) >= 11 is 0. The van der Waals surface area contributed by atoms with Crippen molar-refractivity contribution in [2.75, 3.05) is 26.6 Å². The Morgan fingerprint density at radius 1 is 0.833 bits per heavy atom. The molecule has 4 rings (SSSR count). The Morgan fingerprint density at radius 2 is 1.50 bits per heavy atom. The number of ether oxygens (including phenoxy) is 3. The van der Waals surface area contributed by atoms with E-state index >= 15 is 0 Å². The predicted molar refractivity (Wildman–Crippen MR) is 114 cm³/mol. The van der Waals surface area contributed by atoms with Crippen molar-refractivity contribution in [1.29, 1.82) is 0 Å². The van der Waals surface area contributed by atoms with Crippen molar-refractivity contribution in [3.8, 4) is 17.2 Å². The molecule has 3 aromatic carbocycles. The van der Waals surface area contributed by atoms with Crippen LogP contribution >= 0.6 is 0 Å². The van der Waals surface area contributed by atoms with Gasteiger partial charge >= 0.3 is 0 Å². The number of rotatable bonds is 5. The molecule has 7 heteroatoms. The van der Waals surface area contributed by atoms with Gasteiger partial charge in [-0.2, -0.15) is 0 Å². The van der Waals surface area contributed by atoms with E-state index in [1.54, 1.807) is 54.6 Å². The molecule has 152 valence electrons. The molecule has 0 unspecified atom stereocenters. The molecule has 0 radical (unpaired) electrons. The molecule has 30 heavy (non-hydrogen) atoms. The summed E-state index contributed by atoms with van der Waals surface area (Å²) in [6.45, 7) is 0. The third kappa shape index (κ3) is 3.30. The van der Waals surface area contributed by atoms with Crippen LogP contribution in [0.4, 0.5) is 5.69 Å². The number of methoxy groups -OCH3 is 3. The first-order valence-corrected chi connectivity index (χ1v) is 9.12. The summed E-state index contributed by atoms with van der Waals surface area (Å²) in [5.41, 5.74) is 1.57. The molecular weight excluding hydrogens is 386 g/mol. The molecule has 1 N–H and O–H groups in total. The lowest BCUT2D eigenvalue weighted by molar-refractivity contribution is 0.102. The second kappa shape index (κ2) is 7.79. The fraction of sp³-hybridized carbons (Fsp3) is 0.130. The van der Waals surface area contributed by atoms with E-state index in [0.29, 0.717) is 50.4 Å². The number of benzene rings is 3. The van der Waals surface area contributed by atoms with E-state index in [2.05, 4.69) is 5.32 Å². The van der Waals surface area contributed by atoms with Gasteiger partial charge in [0.2, 0.25) is 11.2 Å². The normalized spacial score (nSPS) is 10.8. The van der Waals surface area contributed by atoms with Crippen molar-refractivity contribution in [2.45, 2.75) is 0 Å². The number of anilines is 1. The fourth-order valence-electron chi connectivity index (χ4n) is 3.29. The summed E-state index contributed by atoms with van der Waals surface area (Å²) in [6.07, 6.45) is 0. The Morgan fingerprint density at radius 3 is 2.17 bits per heavy atom. The summed E-state index contributed by atoms with van der Waals surface area (Å²) in [5, 5.41) is 3.76. The van der Waals surface area contributed by atoms with Gasteiger partial charge in [0.25, 0.3) is 5.91 Å². The number of nitrogens with one attached hydrogen (secondary N) is 1. The van der Waals surface area contributed by atoms with Gasteiger partial charge in [-0.15, -0.1) is 0 Å². The molecule has 0 aliphatic heterocycles. The van der Waals surface area contributed by atoms with Crippen molar-refractivity contribution in [2.24, 2.45) is 0 Å². The van der Waals surface area contributed by atoms with Gasteiger partial charge in [0.05, 0.1) is 32.1 Å². The predicted octanol–water partition coefficient (Wildman–Crippen LogP) is 4.22. The van der Waals surface area contributed by atoms with Crippen LogP contribution in [0.5, 0.6) is 17.2 Å². The van der Waals surface area contributed by atoms with Crippen LogP contribution in [0.25, 0.3) is 21.9 Å². The van der Waals surface area contributed by atoms with Crippen LogP contribution in [0.3, 0.4) is 0 Å². The second-order valence-electron chi connectivity index (χ2n) is 6.51.